The van der Waals surface area contributed by atoms with Gasteiger partial charge in [-0.3, -0.25) is 0 Å². The van der Waals surface area contributed by atoms with E-state index in [4.69, 9.17) is 4.52 Å². The van der Waals surface area contributed by atoms with Crippen molar-refractivity contribution in [2.24, 2.45) is 0 Å². The summed E-state index contributed by atoms with van der Waals surface area (Å²) in [4.78, 5) is 0. The van der Waals surface area contributed by atoms with E-state index in [0.29, 0.717) is 36.9 Å². The van der Waals surface area contributed by atoms with E-state index in [-0.39, 0.29) is 0 Å². The quantitative estimate of drug-likeness (QED) is 0.810. The highest BCUT2D eigenvalue weighted by atomic mass is 32.2. The molecule has 84 valence electrons. The second-order valence-electron chi connectivity index (χ2n) is 3.84. The van der Waals surface area contributed by atoms with Gasteiger partial charge < -0.3 is 9.84 Å². The van der Waals surface area contributed by atoms with E-state index in [0.717, 1.165) is 5.56 Å². The smallest absolute Gasteiger partial charge is 0.150 e. The van der Waals surface area contributed by atoms with Gasteiger partial charge in [-0.25, -0.2) is 8.42 Å². The lowest BCUT2D eigenvalue weighted by Crippen LogP contribution is -2.37. The maximum atomic E-state index is 11.2. The monoisotopic (exact) mass is 230 g/mol. The van der Waals surface area contributed by atoms with Crippen LogP contribution < -0.4 is 5.32 Å². The van der Waals surface area contributed by atoms with Crippen LogP contribution in [0.3, 0.4) is 0 Å². The van der Waals surface area contributed by atoms with Gasteiger partial charge in [-0.1, -0.05) is 5.16 Å². The molecule has 0 aliphatic carbocycles. The Morgan fingerprint density at radius 1 is 1.47 bits per heavy atom. The van der Waals surface area contributed by atoms with Crippen LogP contribution in [0, 0.1) is 0 Å². The molecule has 0 spiro atoms. The molecule has 15 heavy (non-hydrogen) atoms. The Labute approximate surface area is 88.8 Å². The second kappa shape index (κ2) is 4.32. The van der Waals surface area contributed by atoms with Crippen LogP contribution in [0.1, 0.15) is 18.4 Å². The Morgan fingerprint density at radius 3 is 2.80 bits per heavy atom. The number of nitrogens with zero attached hydrogens (tertiary/aromatic N) is 1. The van der Waals surface area contributed by atoms with Crippen LogP contribution in [0.5, 0.6) is 0 Å². The molecule has 2 rings (SSSR count). The number of aromatic nitrogens is 1. The molecule has 5 nitrogen and oxygen atoms in total. The SMILES string of the molecule is O=S1(=O)CCC(NCc2cnoc2)CC1. The van der Waals surface area contributed by atoms with Crippen LogP contribution in [0.15, 0.2) is 17.0 Å². The topological polar surface area (TPSA) is 72.2 Å². The lowest BCUT2D eigenvalue weighted by Gasteiger charge is -2.22. The molecule has 0 atom stereocenters. The van der Waals surface area contributed by atoms with Gasteiger partial charge in [-0.05, 0) is 12.8 Å². The molecule has 0 radical (unpaired) electrons. The Morgan fingerprint density at radius 2 is 2.20 bits per heavy atom. The molecule has 0 bridgehead atoms. The van der Waals surface area contributed by atoms with E-state index in [1.54, 1.807) is 12.5 Å². The molecule has 0 saturated carbocycles. The maximum absolute atomic E-state index is 11.2. The molecule has 1 N–H and O–H groups in total. The lowest BCUT2D eigenvalue weighted by molar-refractivity contribution is 0.417. The maximum Gasteiger partial charge on any atom is 0.150 e. The van der Waals surface area contributed by atoms with Gasteiger partial charge in [0.05, 0.1) is 17.7 Å². The molecule has 1 saturated heterocycles. The van der Waals surface area contributed by atoms with Crippen molar-refractivity contribution in [2.45, 2.75) is 25.4 Å². The summed E-state index contributed by atoms with van der Waals surface area (Å²) >= 11 is 0. The van der Waals surface area contributed by atoms with Gasteiger partial charge in [0.2, 0.25) is 0 Å². The van der Waals surface area contributed by atoms with E-state index in [1.807, 2.05) is 0 Å². The zero-order valence-corrected chi connectivity index (χ0v) is 9.16. The van der Waals surface area contributed by atoms with Crippen LogP contribution in [-0.4, -0.2) is 31.1 Å². The van der Waals surface area contributed by atoms with Crippen molar-refractivity contribution in [1.82, 2.24) is 10.5 Å². The molecule has 1 aliphatic rings. The molecule has 1 aliphatic heterocycles. The first-order chi connectivity index (χ1) is 7.16. The summed E-state index contributed by atoms with van der Waals surface area (Å²) in [6.45, 7) is 0.689. The first-order valence-electron chi connectivity index (χ1n) is 4.98. The fourth-order valence-electron chi connectivity index (χ4n) is 1.67. The third-order valence-corrected chi connectivity index (χ3v) is 4.35. The highest BCUT2D eigenvalue weighted by Gasteiger charge is 2.22. The van der Waals surface area contributed by atoms with Crippen molar-refractivity contribution in [1.29, 1.82) is 0 Å². The average Bonchev–Trinajstić information content (AvgIpc) is 2.69. The molecule has 6 heteroatoms. The number of sulfone groups is 1. The predicted molar refractivity (Wildman–Crippen MR) is 55.0 cm³/mol. The molecule has 1 aromatic rings. The third kappa shape index (κ3) is 3.04. The van der Waals surface area contributed by atoms with Crippen LogP contribution in [0.2, 0.25) is 0 Å². The summed E-state index contributed by atoms with van der Waals surface area (Å²) in [5, 5.41) is 6.90. The number of nitrogens with one attached hydrogen (secondary N) is 1. The van der Waals surface area contributed by atoms with Gasteiger partial charge in [-0.15, -0.1) is 0 Å². The molecule has 0 aromatic carbocycles. The van der Waals surface area contributed by atoms with E-state index in [9.17, 15) is 8.42 Å². The average molecular weight is 230 g/mol. The van der Waals surface area contributed by atoms with Crippen molar-refractivity contribution < 1.29 is 12.9 Å². The Hall–Kier alpha value is -0.880. The minimum absolute atomic E-state index is 0.295. The van der Waals surface area contributed by atoms with E-state index >= 15 is 0 Å². The molecule has 1 aromatic heterocycles. The van der Waals surface area contributed by atoms with Gasteiger partial charge in [-0.2, -0.15) is 0 Å². The highest BCUT2D eigenvalue weighted by molar-refractivity contribution is 7.91. The van der Waals surface area contributed by atoms with E-state index in [2.05, 4.69) is 10.5 Å². The zero-order chi connectivity index (χ0) is 10.7. The summed E-state index contributed by atoms with van der Waals surface area (Å²) in [7, 11) is -2.76. The molecule has 0 amide bonds. The fourth-order valence-corrected chi connectivity index (χ4v) is 3.16. The predicted octanol–water partition coefficient (Wildman–Crippen LogP) is 0.341. The van der Waals surface area contributed by atoms with Crippen molar-refractivity contribution in [2.75, 3.05) is 11.5 Å². The molecular formula is C9H14N2O3S. The van der Waals surface area contributed by atoms with Crippen molar-refractivity contribution in [3.05, 3.63) is 18.0 Å². The van der Waals surface area contributed by atoms with Crippen LogP contribution >= 0.6 is 0 Å². The van der Waals surface area contributed by atoms with Crippen molar-refractivity contribution in [3.8, 4) is 0 Å². The lowest BCUT2D eigenvalue weighted by atomic mass is 10.1. The minimum Gasteiger partial charge on any atom is -0.364 e. The Kier molecular flexibility index (Phi) is 3.06. The summed E-state index contributed by atoms with van der Waals surface area (Å²) < 4.78 is 27.1. The molecule has 0 unspecified atom stereocenters. The summed E-state index contributed by atoms with van der Waals surface area (Å²) in [6, 6.07) is 0.295. The highest BCUT2D eigenvalue weighted by Crippen LogP contribution is 2.12. The second-order valence-corrected chi connectivity index (χ2v) is 6.14. The first-order valence-corrected chi connectivity index (χ1v) is 6.80. The van der Waals surface area contributed by atoms with E-state index in [1.165, 1.54) is 0 Å². The van der Waals surface area contributed by atoms with Crippen molar-refractivity contribution >= 4 is 9.84 Å². The summed E-state index contributed by atoms with van der Waals surface area (Å²) in [5.41, 5.74) is 0.989. The Balaban J connectivity index is 1.78. The van der Waals surface area contributed by atoms with Gasteiger partial charge in [0.15, 0.2) is 0 Å². The largest absolute Gasteiger partial charge is 0.364 e. The zero-order valence-electron chi connectivity index (χ0n) is 8.35. The van der Waals surface area contributed by atoms with Gasteiger partial charge >= 0.3 is 0 Å². The first kappa shape index (κ1) is 10.6. The fraction of sp³-hybridized carbons (Fsp3) is 0.667. The van der Waals surface area contributed by atoms with Gasteiger partial charge in [0.25, 0.3) is 0 Å². The molecule has 1 fully saturated rings. The normalized spacial score (nSPS) is 21.6. The standard InChI is InChI=1S/C9H14N2O3S/c12-15(13)3-1-9(2-4-15)10-5-8-6-11-14-7-8/h6-7,9-10H,1-5H2. The van der Waals surface area contributed by atoms with E-state index < -0.39 is 9.84 Å². The van der Waals surface area contributed by atoms with Crippen molar-refractivity contribution in [3.63, 3.8) is 0 Å². The van der Waals surface area contributed by atoms with Crippen LogP contribution in [0.4, 0.5) is 0 Å². The molecular weight excluding hydrogens is 216 g/mol. The summed E-state index contributed by atoms with van der Waals surface area (Å²) in [5.74, 6) is 0.600. The van der Waals surface area contributed by atoms with Gasteiger partial charge in [0.1, 0.15) is 16.1 Å². The van der Waals surface area contributed by atoms with Gasteiger partial charge in [0, 0.05) is 18.2 Å². The van der Waals surface area contributed by atoms with Crippen LogP contribution in [0.25, 0.3) is 0 Å². The molecule has 2 heterocycles. The number of hydrogen-bond donors (Lipinski definition) is 1. The number of rotatable bonds is 3. The Bertz CT molecular complexity index is 385. The third-order valence-electron chi connectivity index (χ3n) is 2.63. The minimum atomic E-state index is -2.76. The summed E-state index contributed by atoms with van der Waals surface area (Å²) in [6.07, 6.45) is 4.65. The number of hydrogen-bond acceptors (Lipinski definition) is 5. The van der Waals surface area contributed by atoms with Crippen LogP contribution in [-0.2, 0) is 16.4 Å².